The number of nitrogens with one attached hydrogen (secondary N) is 1. The van der Waals surface area contributed by atoms with E-state index in [1.54, 1.807) is 6.20 Å². The smallest absolute Gasteiger partial charge is 0.236 e. The van der Waals surface area contributed by atoms with Crippen LogP contribution in [0.15, 0.2) is 18.5 Å². The van der Waals surface area contributed by atoms with Crippen molar-refractivity contribution in [1.29, 1.82) is 0 Å². The number of aromatic nitrogens is 2. The van der Waals surface area contributed by atoms with Gasteiger partial charge in [-0.25, -0.2) is 0 Å². The van der Waals surface area contributed by atoms with Gasteiger partial charge in [0, 0.05) is 31.5 Å². The lowest BCUT2D eigenvalue weighted by Crippen LogP contribution is -2.42. The summed E-state index contributed by atoms with van der Waals surface area (Å²) in [7, 11) is 0. The fourth-order valence-electron chi connectivity index (χ4n) is 1.70. The Kier molecular flexibility index (Phi) is 5.69. The van der Waals surface area contributed by atoms with E-state index in [0.717, 1.165) is 19.6 Å². The Hall–Kier alpha value is -1.36. The van der Waals surface area contributed by atoms with Crippen LogP contribution in [0.3, 0.4) is 0 Å². The zero-order chi connectivity index (χ0) is 12.7. The lowest BCUT2D eigenvalue weighted by Gasteiger charge is -2.20. The number of rotatable bonds is 7. The first-order chi connectivity index (χ1) is 8.17. The summed E-state index contributed by atoms with van der Waals surface area (Å²) in [5.41, 5.74) is 0. The standard InChI is InChI=1S/C12H22N4O/c1-4-15(5-2)12(17)9-13-11(3)10-16-8-6-7-14-16/h6-8,11,13H,4-5,9-10H2,1-3H3/t11-/m0/s1. The maximum absolute atomic E-state index is 11.8. The quantitative estimate of drug-likeness (QED) is 0.762. The highest BCUT2D eigenvalue weighted by molar-refractivity contribution is 5.78. The highest BCUT2D eigenvalue weighted by atomic mass is 16.2. The largest absolute Gasteiger partial charge is 0.342 e. The van der Waals surface area contributed by atoms with Crippen molar-refractivity contribution in [1.82, 2.24) is 20.0 Å². The minimum absolute atomic E-state index is 0.155. The van der Waals surface area contributed by atoms with Crippen molar-refractivity contribution < 1.29 is 4.79 Å². The van der Waals surface area contributed by atoms with Crippen LogP contribution in [0.2, 0.25) is 0 Å². The first-order valence-corrected chi connectivity index (χ1v) is 6.16. The first kappa shape index (κ1) is 13.7. The number of hydrogen-bond acceptors (Lipinski definition) is 3. The molecule has 0 bridgehead atoms. The molecule has 0 unspecified atom stereocenters. The van der Waals surface area contributed by atoms with Gasteiger partial charge in [0.05, 0.1) is 13.1 Å². The Morgan fingerprint density at radius 3 is 2.71 bits per heavy atom. The molecule has 0 aromatic carbocycles. The minimum atomic E-state index is 0.155. The number of likely N-dealkylation sites (N-methyl/N-ethyl adjacent to an activating group) is 1. The number of amides is 1. The van der Waals surface area contributed by atoms with Crippen molar-refractivity contribution in [2.45, 2.75) is 33.4 Å². The van der Waals surface area contributed by atoms with Gasteiger partial charge in [-0.2, -0.15) is 5.10 Å². The number of carbonyl (C=O) groups is 1. The molecule has 0 radical (unpaired) electrons. The summed E-state index contributed by atoms with van der Waals surface area (Å²) in [6, 6.07) is 2.13. The molecule has 1 N–H and O–H groups in total. The molecule has 0 spiro atoms. The molecule has 0 aliphatic rings. The maximum atomic E-state index is 11.8. The molecule has 0 aliphatic carbocycles. The Labute approximate surface area is 103 Å². The van der Waals surface area contributed by atoms with Crippen LogP contribution in [0, 0.1) is 0 Å². The van der Waals surface area contributed by atoms with Crippen molar-refractivity contribution in [2.24, 2.45) is 0 Å². The normalized spacial score (nSPS) is 12.4. The molecule has 17 heavy (non-hydrogen) atoms. The first-order valence-electron chi connectivity index (χ1n) is 6.16. The lowest BCUT2D eigenvalue weighted by molar-refractivity contribution is -0.130. The fraction of sp³-hybridized carbons (Fsp3) is 0.667. The van der Waals surface area contributed by atoms with Gasteiger partial charge in [0.25, 0.3) is 0 Å². The van der Waals surface area contributed by atoms with E-state index >= 15 is 0 Å². The van der Waals surface area contributed by atoms with Gasteiger partial charge in [0.1, 0.15) is 0 Å². The van der Waals surface area contributed by atoms with Crippen molar-refractivity contribution >= 4 is 5.91 Å². The van der Waals surface area contributed by atoms with Crippen LogP contribution in [0.1, 0.15) is 20.8 Å². The number of hydrogen-bond donors (Lipinski definition) is 1. The predicted octanol–water partition coefficient (Wildman–Crippen LogP) is 0.730. The van der Waals surface area contributed by atoms with Crippen molar-refractivity contribution in [3.05, 3.63) is 18.5 Å². The summed E-state index contributed by atoms with van der Waals surface area (Å²) in [6.07, 6.45) is 3.68. The van der Waals surface area contributed by atoms with E-state index in [9.17, 15) is 4.79 Å². The van der Waals surface area contributed by atoms with Crippen molar-refractivity contribution in [2.75, 3.05) is 19.6 Å². The molecule has 1 aromatic heterocycles. The van der Waals surface area contributed by atoms with E-state index in [4.69, 9.17) is 0 Å². The molecule has 1 atom stereocenters. The molecule has 5 heteroatoms. The van der Waals surface area contributed by atoms with Gasteiger partial charge < -0.3 is 10.2 Å². The average Bonchev–Trinajstić information content (AvgIpc) is 2.81. The monoisotopic (exact) mass is 238 g/mol. The molecule has 0 fully saturated rings. The molecule has 1 aromatic rings. The Morgan fingerprint density at radius 1 is 1.47 bits per heavy atom. The van der Waals surface area contributed by atoms with Crippen LogP contribution >= 0.6 is 0 Å². The van der Waals surface area contributed by atoms with E-state index in [1.807, 2.05) is 35.7 Å². The summed E-state index contributed by atoms with van der Waals surface area (Å²) in [5.74, 6) is 0.155. The maximum Gasteiger partial charge on any atom is 0.236 e. The molecule has 0 aliphatic heterocycles. The predicted molar refractivity (Wildman–Crippen MR) is 67.6 cm³/mol. The van der Waals surface area contributed by atoms with Crippen molar-refractivity contribution in [3.63, 3.8) is 0 Å². The van der Waals surface area contributed by atoms with Gasteiger partial charge in [-0.3, -0.25) is 9.48 Å². The lowest BCUT2D eigenvalue weighted by atomic mass is 10.3. The Bertz CT molecular complexity index is 319. The van der Waals surface area contributed by atoms with Crippen LogP contribution < -0.4 is 5.32 Å². The molecule has 0 saturated heterocycles. The summed E-state index contributed by atoms with van der Waals surface area (Å²) in [6.45, 7) is 8.75. The molecule has 5 nitrogen and oxygen atoms in total. The molecule has 1 rings (SSSR count). The second-order valence-electron chi connectivity index (χ2n) is 4.08. The summed E-state index contributed by atoms with van der Waals surface area (Å²) < 4.78 is 1.86. The van der Waals surface area contributed by atoms with Crippen LogP contribution in [-0.2, 0) is 11.3 Å². The SMILES string of the molecule is CCN(CC)C(=O)CN[C@@H](C)Cn1cccn1. The van der Waals surface area contributed by atoms with E-state index in [-0.39, 0.29) is 11.9 Å². The van der Waals surface area contributed by atoms with Crippen LogP contribution in [-0.4, -0.2) is 46.3 Å². The van der Waals surface area contributed by atoms with Crippen LogP contribution in [0.25, 0.3) is 0 Å². The summed E-state index contributed by atoms with van der Waals surface area (Å²) in [4.78, 5) is 13.6. The third-order valence-electron chi connectivity index (χ3n) is 2.74. The third kappa shape index (κ3) is 4.56. The minimum Gasteiger partial charge on any atom is -0.342 e. The second-order valence-corrected chi connectivity index (χ2v) is 4.08. The van der Waals surface area contributed by atoms with Gasteiger partial charge in [-0.05, 0) is 26.8 Å². The summed E-state index contributed by atoms with van der Waals surface area (Å²) in [5, 5.41) is 7.35. The van der Waals surface area contributed by atoms with E-state index < -0.39 is 0 Å². The van der Waals surface area contributed by atoms with E-state index in [2.05, 4.69) is 17.3 Å². The number of carbonyl (C=O) groups excluding carboxylic acids is 1. The van der Waals surface area contributed by atoms with Crippen molar-refractivity contribution in [3.8, 4) is 0 Å². The summed E-state index contributed by atoms with van der Waals surface area (Å²) >= 11 is 0. The van der Waals surface area contributed by atoms with Crippen LogP contribution in [0.5, 0.6) is 0 Å². The van der Waals surface area contributed by atoms with Gasteiger partial charge in [0.2, 0.25) is 5.91 Å². The van der Waals surface area contributed by atoms with Crippen LogP contribution in [0.4, 0.5) is 0 Å². The molecule has 1 amide bonds. The molecular weight excluding hydrogens is 216 g/mol. The molecule has 0 saturated carbocycles. The van der Waals surface area contributed by atoms with Gasteiger partial charge in [-0.15, -0.1) is 0 Å². The molecular formula is C12H22N4O. The van der Waals surface area contributed by atoms with E-state index in [0.29, 0.717) is 6.54 Å². The fourth-order valence-corrected chi connectivity index (χ4v) is 1.70. The average molecular weight is 238 g/mol. The molecule has 96 valence electrons. The van der Waals surface area contributed by atoms with Gasteiger partial charge in [-0.1, -0.05) is 0 Å². The zero-order valence-corrected chi connectivity index (χ0v) is 10.9. The zero-order valence-electron chi connectivity index (χ0n) is 10.9. The third-order valence-corrected chi connectivity index (χ3v) is 2.74. The Morgan fingerprint density at radius 2 is 2.18 bits per heavy atom. The topological polar surface area (TPSA) is 50.2 Å². The highest BCUT2D eigenvalue weighted by Crippen LogP contribution is 1.92. The number of nitrogens with zero attached hydrogens (tertiary/aromatic N) is 3. The molecule has 1 heterocycles. The van der Waals surface area contributed by atoms with Gasteiger partial charge >= 0.3 is 0 Å². The van der Waals surface area contributed by atoms with E-state index in [1.165, 1.54) is 0 Å². The van der Waals surface area contributed by atoms with Gasteiger partial charge in [0.15, 0.2) is 0 Å². The second kappa shape index (κ2) is 7.06. The Balaban J connectivity index is 2.28. The highest BCUT2D eigenvalue weighted by Gasteiger charge is 2.10.